The third kappa shape index (κ3) is 4.08. The van der Waals surface area contributed by atoms with Crippen LogP contribution >= 0.6 is 0 Å². The normalized spacial score (nSPS) is 11.3. The van der Waals surface area contributed by atoms with Crippen LogP contribution in [0.25, 0.3) is 11.4 Å². The summed E-state index contributed by atoms with van der Waals surface area (Å²) in [5.41, 5.74) is -0.0433. The molecule has 3 rings (SSSR count). The van der Waals surface area contributed by atoms with Crippen LogP contribution < -0.4 is 5.32 Å². The van der Waals surface area contributed by atoms with Crippen LogP contribution in [0.15, 0.2) is 61.2 Å². The molecule has 0 unspecified atom stereocenters. The Kier molecular flexibility index (Phi) is 5.01. The second kappa shape index (κ2) is 7.38. The smallest absolute Gasteiger partial charge is 0.350 e. The Morgan fingerprint density at radius 3 is 2.73 bits per heavy atom. The van der Waals surface area contributed by atoms with Crippen LogP contribution in [0, 0.1) is 0 Å². The van der Waals surface area contributed by atoms with Gasteiger partial charge in [-0.05, 0) is 30.3 Å². The Morgan fingerprint density at radius 2 is 2.00 bits per heavy atom. The molecule has 0 atom stereocenters. The number of alkyl halides is 3. The number of nitrogens with one attached hydrogen (secondary N) is 1. The van der Waals surface area contributed by atoms with Gasteiger partial charge >= 0.3 is 6.18 Å². The van der Waals surface area contributed by atoms with E-state index < -0.39 is 17.6 Å². The summed E-state index contributed by atoms with van der Waals surface area (Å²) in [7, 11) is 0. The van der Waals surface area contributed by atoms with E-state index in [4.69, 9.17) is 0 Å². The summed E-state index contributed by atoms with van der Waals surface area (Å²) in [6.07, 6.45) is 2.26. The molecule has 0 fully saturated rings. The van der Waals surface area contributed by atoms with Gasteiger partial charge in [0, 0.05) is 49.0 Å². The Bertz CT molecular complexity index is 891. The molecule has 1 aromatic carbocycles. The van der Waals surface area contributed by atoms with E-state index in [0.717, 1.165) is 17.7 Å². The van der Waals surface area contributed by atoms with Gasteiger partial charge in [0.2, 0.25) is 0 Å². The molecule has 0 spiro atoms. The number of pyridine rings is 1. The van der Waals surface area contributed by atoms with Gasteiger partial charge in [0.15, 0.2) is 0 Å². The van der Waals surface area contributed by atoms with Crippen molar-refractivity contribution in [2.24, 2.45) is 0 Å². The van der Waals surface area contributed by atoms with Crippen molar-refractivity contribution in [3.63, 3.8) is 0 Å². The van der Waals surface area contributed by atoms with Gasteiger partial charge < -0.3 is 9.88 Å². The SMILES string of the molecule is O=C(NCCn1ccnc1-c1cccnc1)c1cccc(C(F)(F)F)c1. The highest BCUT2D eigenvalue weighted by atomic mass is 19.4. The van der Waals surface area contributed by atoms with E-state index in [2.05, 4.69) is 15.3 Å². The zero-order valence-corrected chi connectivity index (χ0v) is 13.6. The fourth-order valence-corrected chi connectivity index (χ4v) is 2.47. The minimum atomic E-state index is -4.48. The first kappa shape index (κ1) is 17.7. The minimum Gasteiger partial charge on any atom is -0.350 e. The lowest BCUT2D eigenvalue weighted by Crippen LogP contribution is -2.27. The number of carbonyl (C=O) groups excluding carboxylic acids is 1. The third-order valence-electron chi connectivity index (χ3n) is 3.73. The molecule has 0 aliphatic carbocycles. The summed E-state index contributed by atoms with van der Waals surface area (Å²) in [5, 5.41) is 2.62. The number of hydrogen-bond donors (Lipinski definition) is 1. The molecule has 0 radical (unpaired) electrons. The zero-order valence-electron chi connectivity index (χ0n) is 13.6. The fourth-order valence-electron chi connectivity index (χ4n) is 2.47. The van der Waals surface area contributed by atoms with Crippen molar-refractivity contribution in [1.29, 1.82) is 0 Å². The van der Waals surface area contributed by atoms with E-state index >= 15 is 0 Å². The van der Waals surface area contributed by atoms with Gasteiger partial charge in [0.25, 0.3) is 5.91 Å². The molecule has 8 heteroatoms. The van der Waals surface area contributed by atoms with Gasteiger partial charge in [-0.3, -0.25) is 9.78 Å². The van der Waals surface area contributed by atoms with Crippen LogP contribution in [-0.4, -0.2) is 27.0 Å². The van der Waals surface area contributed by atoms with Crippen LogP contribution in [0.4, 0.5) is 13.2 Å². The van der Waals surface area contributed by atoms with E-state index in [1.807, 2.05) is 10.6 Å². The van der Waals surface area contributed by atoms with Crippen molar-refractivity contribution in [2.45, 2.75) is 12.7 Å². The molecular formula is C18H15F3N4O. The molecule has 1 N–H and O–H groups in total. The number of amides is 1. The third-order valence-corrected chi connectivity index (χ3v) is 3.73. The van der Waals surface area contributed by atoms with Crippen LogP contribution in [0.5, 0.6) is 0 Å². The van der Waals surface area contributed by atoms with Gasteiger partial charge in [-0.25, -0.2) is 4.98 Å². The highest BCUT2D eigenvalue weighted by Crippen LogP contribution is 2.29. The first-order chi connectivity index (χ1) is 12.4. The maximum absolute atomic E-state index is 12.7. The van der Waals surface area contributed by atoms with Gasteiger partial charge in [-0.1, -0.05) is 6.07 Å². The fraction of sp³-hybridized carbons (Fsp3) is 0.167. The maximum atomic E-state index is 12.7. The number of aromatic nitrogens is 3. The predicted octanol–water partition coefficient (Wildman–Crippen LogP) is 3.39. The molecule has 0 saturated carbocycles. The van der Waals surface area contributed by atoms with E-state index in [-0.39, 0.29) is 12.1 Å². The largest absolute Gasteiger partial charge is 0.416 e. The molecule has 2 heterocycles. The van der Waals surface area contributed by atoms with Crippen molar-refractivity contribution in [2.75, 3.05) is 6.54 Å². The molecule has 1 amide bonds. The Morgan fingerprint density at radius 1 is 1.15 bits per heavy atom. The number of hydrogen-bond acceptors (Lipinski definition) is 3. The Hall–Kier alpha value is -3.16. The topological polar surface area (TPSA) is 59.8 Å². The van der Waals surface area contributed by atoms with Gasteiger partial charge in [0.05, 0.1) is 5.56 Å². The second-order valence-corrected chi connectivity index (χ2v) is 5.52. The molecule has 2 aromatic heterocycles. The summed E-state index contributed by atoms with van der Waals surface area (Å²) in [5.74, 6) is 0.144. The van der Waals surface area contributed by atoms with Crippen LogP contribution in [0.2, 0.25) is 0 Å². The van der Waals surface area contributed by atoms with E-state index in [9.17, 15) is 18.0 Å². The van der Waals surface area contributed by atoms with Crippen molar-refractivity contribution in [3.8, 4) is 11.4 Å². The van der Waals surface area contributed by atoms with E-state index in [1.165, 1.54) is 12.1 Å². The molecule has 0 saturated heterocycles. The first-order valence-electron chi connectivity index (χ1n) is 7.82. The standard InChI is InChI=1S/C18H15F3N4O/c19-18(20,21)15-5-1-3-13(11-15)17(26)24-8-10-25-9-7-23-16(25)14-4-2-6-22-12-14/h1-7,9,11-12H,8,10H2,(H,24,26). The quantitative estimate of drug-likeness (QED) is 0.759. The summed E-state index contributed by atoms with van der Waals surface area (Å²) < 4.78 is 40.0. The van der Waals surface area contributed by atoms with E-state index in [0.29, 0.717) is 12.4 Å². The second-order valence-electron chi connectivity index (χ2n) is 5.52. The lowest BCUT2D eigenvalue weighted by molar-refractivity contribution is -0.137. The summed E-state index contributed by atoms with van der Waals surface area (Å²) in [6.45, 7) is 0.674. The summed E-state index contributed by atoms with van der Waals surface area (Å²) in [4.78, 5) is 20.4. The van der Waals surface area contributed by atoms with Crippen molar-refractivity contribution >= 4 is 5.91 Å². The van der Waals surface area contributed by atoms with Crippen LogP contribution in [-0.2, 0) is 12.7 Å². The highest BCUT2D eigenvalue weighted by Gasteiger charge is 2.30. The number of benzene rings is 1. The zero-order chi connectivity index (χ0) is 18.6. The summed E-state index contributed by atoms with van der Waals surface area (Å²) >= 11 is 0. The number of rotatable bonds is 5. The predicted molar refractivity (Wildman–Crippen MR) is 89.2 cm³/mol. The molecule has 0 aliphatic heterocycles. The number of carbonyl (C=O) groups is 1. The lowest BCUT2D eigenvalue weighted by Gasteiger charge is -2.11. The highest BCUT2D eigenvalue weighted by molar-refractivity contribution is 5.94. The number of imidazole rings is 1. The maximum Gasteiger partial charge on any atom is 0.416 e. The monoisotopic (exact) mass is 360 g/mol. The number of nitrogens with zero attached hydrogens (tertiary/aromatic N) is 3. The van der Waals surface area contributed by atoms with Gasteiger partial charge in [-0.15, -0.1) is 0 Å². The molecule has 0 bridgehead atoms. The Labute approximate surface area is 147 Å². The first-order valence-corrected chi connectivity index (χ1v) is 7.82. The number of halogens is 3. The van der Waals surface area contributed by atoms with Gasteiger partial charge in [0.1, 0.15) is 5.82 Å². The summed E-state index contributed by atoms with van der Waals surface area (Å²) in [6, 6.07) is 8.00. The van der Waals surface area contributed by atoms with Crippen molar-refractivity contribution < 1.29 is 18.0 Å². The van der Waals surface area contributed by atoms with Crippen molar-refractivity contribution in [3.05, 3.63) is 72.3 Å². The molecule has 0 aliphatic rings. The molecule has 3 aromatic rings. The molecule has 5 nitrogen and oxygen atoms in total. The van der Waals surface area contributed by atoms with Crippen LogP contribution in [0.3, 0.4) is 0 Å². The van der Waals surface area contributed by atoms with E-state index in [1.54, 1.807) is 30.9 Å². The minimum absolute atomic E-state index is 0.0297. The molecular weight excluding hydrogens is 345 g/mol. The average Bonchev–Trinajstić information content (AvgIpc) is 3.10. The Balaban J connectivity index is 1.63. The molecule has 134 valence electrons. The average molecular weight is 360 g/mol. The van der Waals surface area contributed by atoms with Crippen molar-refractivity contribution in [1.82, 2.24) is 19.9 Å². The molecule has 26 heavy (non-hydrogen) atoms. The van der Waals surface area contributed by atoms with Gasteiger partial charge in [-0.2, -0.15) is 13.2 Å². The lowest BCUT2D eigenvalue weighted by atomic mass is 10.1. The van der Waals surface area contributed by atoms with Crippen LogP contribution in [0.1, 0.15) is 15.9 Å².